The molecule has 1 aliphatic carbocycles. The lowest BCUT2D eigenvalue weighted by molar-refractivity contribution is 0.556. The van der Waals surface area contributed by atoms with E-state index in [-0.39, 0.29) is 16.0 Å². The first kappa shape index (κ1) is 12.5. The summed E-state index contributed by atoms with van der Waals surface area (Å²) in [5.74, 6) is 0.770. The van der Waals surface area contributed by atoms with Crippen molar-refractivity contribution in [3.63, 3.8) is 0 Å². The van der Waals surface area contributed by atoms with Crippen LogP contribution in [0.25, 0.3) is 10.9 Å². The highest BCUT2D eigenvalue weighted by molar-refractivity contribution is 6.30. The van der Waals surface area contributed by atoms with Gasteiger partial charge in [-0.05, 0) is 36.8 Å². The first-order chi connectivity index (χ1) is 9.65. The molecule has 2 unspecified atom stereocenters. The molecule has 2 aromatic heterocycles. The second-order valence-corrected chi connectivity index (χ2v) is 6.04. The Morgan fingerprint density at radius 1 is 1.30 bits per heavy atom. The highest BCUT2D eigenvalue weighted by atomic mass is 35.5. The van der Waals surface area contributed by atoms with Crippen LogP contribution >= 0.6 is 23.2 Å². The number of aromatic nitrogens is 3. The van der Waals surface area contributed by atoms with Gasteiger partial charge in [-0.3, -0.25) is 0 Å². The molecule has 0 radical (unpaired) electrons. The predicted molar refractivity (Wildman–Crippen MR) is 75.8 cm³/mol. The number of pyridine rings is 1. The van der Waals surface area contributed by atoms with Gasteiger partial charge in [-0.25, -0.2) is 14.4 Å². The van der Waals surface area contributed by atoms with Crippen LogP contribution in [-0.2, 0) is 0 Å². The lowest BCUT2D eigenvalue weighted by Gasteiger charge is -2.28. The van der Waals surface area contributed by atoms with Gasteiger partial charge in [0, 0.05) is 18.8 Å². The van der Waals surface area contributed by atoms with Gasteiger partial charge < -0.3 is 4.90 Å². The third kappa shape index (κ3) is 1.84. The second kappa shape index (κ2) is 4.40. The van der Waals surface area contributed by atoms with Crippen molar-refractivity contribution in [3.8, 4) is 0 Å². The molecule has 0 amide bonds. The highest BCUT2D eigenvalue weighted by Crippen LogP contribution is 2.46. The van der Waals surface area contributed by atoms with E-state index in [2.05, 4.69) is 19.9 Å². The van der Waals surface area contributed by atoms with Gasteiger partial charge in [-0.2, -0.15) is 4.98 Å². The zero-order chi connectivity index (χ0) is 13.9. The van der Waals surface area contributed by atoms with Gasteiger partial charge in [-0.15, -0.1) is 0 Å². The smallest absolute Gasteiger partial charge is 0.225 e. The molecule has 1 saturated heterocycles. The van der Waals surface area contributed by atoms with Crippen molar-refractivity contribution in [2.24, 2.45) is 5.92 Å². The molecule has 0 bridgehead atoms. The van der Waals surface area contributed by atoms with E-state index in [1.807, 2.05) is 0 Å². The minimum Gasteiger partial charge on any atom is -0.353 e. The van der Waals surface area contributed by atoms with E-state index in [4.69, 9.17) is 23.2 Å². The molecule has 2 fully saturated rings. The van der Waals surface area contributed by atoms with Crippen LogP contribution in [0.15, 0.2) is 6.20 Å². The molecule has 7 heteroatoms. The molecule has 20 heavy (non-hydrogen) atoms. The van der Waals surface area contributed by atoms with Crippen LogP contribution < -0.4 is 4.90 Å². The fourth-order valence-corrected chi connectivity index (χ4v) is 3.39. The molecule has 0 aromatic carbocycles. The Bertz CT molecular complexity index is 708. The minimum atomic E-state index is -0.640. The topological polar surface area (TPSA) is 41.9 Å². The third-order valence-corrected chi connectivity index (χ3v) is 4.56. The average Bonchev–Trinajstić information content (AvgIpc) is 3.22. The number of hydrogen-bond donors (Lipinski definition) is 0. The summed E-state index contributed by atoms with van der Waals surface area (Å²) in [6.07, 6.45) is 5.08. The Morgan fingerprint density at radius 3 is 3.00 bits per heavy atom. The number of anilines is 1. The normalized spacial score (nSPS) is 24.9. The minimum absolute atomic E-state index is 0.0384. The molecule has 0 N–H and O–H groups in total. The maximum absolute atomic E-state index is 14.1. The molecule has 0 spiro atoms. The molecule has 1 saturated carbocycles. The maximum atomic E-state index is 14.1. The Kier molecular flexibility index (Phi) is 2.76. The SMILES string of the molecule is Fc1c(Cl)ncc2c(N3CCCC4CC43)nc(Cl)nc12. The number of rotatable bonds is 1. The molecule has 104 valence electrons. The van der Waals surface area contributed by atoms with Gasteiger partial charge in [0.2, 0.25) is 5.28 Å². The summed E-state index contributed by atoms with van der Waals surface area (Å²) in [7, 11) is 0. The van der Waals surface area contributed by atoms with E-state index in [1.54, 1.807) is 0 Å². The molecule has 2 aromatic rings. The summed E-state index contributed by atoms with van der Waals surface area (Å²) in [4.78, 5) is 14.3. The summed E-state index contributed by atoms with van der Waals surface area (Å²) >= 11 is 11.7. The summed E-state index contributed by atoms with van der Waals surface area (Å²) < 4.78 is 14.1. The van der Waals surface area contributed by atoms with Gasteiger partial charge in [0.1, 0.15) is 11.3 Å². The zero-order valence-corrected chi connectivity index (χ0v) is 12.0. The van der Waals surface area contributed by atoms with E-state index < -0.39 is 5.82 Å². The standard InChI is InChI=1S/C13H11Cl2FN4/c14-11-9(16)10-7(5-17-11)12(19-13(15)18-10)20-3-1-2-6-4-8(6)20/h5-6,8H,1-4H2. The first-order valence-corrected chi connectivity index (χ1v) is 7.34. The van der Waals surface area contributed by atoms with Gasteiger partial charge in [0.05, 0.1) is 5.39 Å². The van der Waals surface area contributed by atoms with Crippen molar-refractivity contribution in [1.82, 2.24) is 15.0 Å². The number of halogens is 3. The highest BCUT2D eigenvalue weighted by Gasteiger charge is 2.45. The Morgan fingerprint density at radius 2 is 2.15 bits per heavy atom. The van der Waals surface area contributed by atoms with Crippen LogP contribution in [0.3, 0.4) is 0 Å². The van der Waals surface area contributed by atoms with Crippen LogP contribution in [0.4, 0.5) is 10.2 Å². The van der Waals surface area contributed by atoms with Crippen LogP contribution in [0.5, 0.6) is 0 Å². The van der Waals surface area contributed by atoms with E-state index in [0.29, 0.717) is 17.2 Å². The first-order valence-electron chi connectivity index (χ1n) is 6.59. The van der Waals surface area contributed by atoms with Crippen molar-refractivity contribution >= 4 is 39.9 Å². The monoisotopic (exact) mass is 312 g/mol. The number of hydrogen-bond acceptors (Lipinski definition) is 4. The lowest BCUT2D eigenvalue weighted by Crippen LogP contribution is -2.32. The van der Waals surface area contributed by atoms with E-state index >= 15 is 0 Å². The molecular formula is C13H11Cl2FN4. The molecule has 3 heterocycles. The van der Waals surface area contributed by atoms with Crippen LogP contribution in [0.1, 0.15) is 19.3 Å². The summed E-state index contributed by atoms with van der Waals surface area (Å²) in [5, 5.41) is 0.418. The van der Waals surface area contributed by atoms with Crippen molar-refractivity contribution < 1.29 is 4.39 Å². The van der Waals surface area contributed by atoms with Gasteiger partial charge >= 0.3 is 0 Å². The lowest BCUT2D eigenvalue weighted by atomic mass is 10.1. The van der Waals surface area contributed by atoms with Crippen LogP contribution in [0.2, 0.25) is 10.4 Å². The summed E-state index contributed by atoms with van der Waals surface area (Å²) in [5.41, 5.74) is 0.141. The number of fused-ring (bicyclic) bond motifs is 2. The van der Waals surface area contributed by atoms with E-state index in [9.17, 15) is 4.39 Å². The molecule has 2 atom stereocenters. The summed E-state index contributed by atoms with van der Waals surface area (Å²) in [6.45, 7) is 0.911. The van der Waals surface area contributed by atoms with Crippen molar-refractivity contribution in [1.29, 1.82) is 0 Å². The van der Waals surface area contributed by atoms with Crippen molar-refractivity contribution in [2.45, 2.75) is 25.3 Å². The van der Waals surface area contributed by atoms with Gasteiger partial charge in [0.25, 0.3) is 0 Å². The molecule has 4 nitrogen and oxygen atoms in total. The predicted octanol–water partition coefficient (Wildman–Crippen LogP) is 3.46. The van der Waals surface area contributed by atoms with Gasteiger partial charge in [0.15, 0.2) is 11.0 Å². The van der Waals surface area contributed by atoms with Gasteiger partial charge in [-0.1, -0.05) is 11.6 Å². The second-order valence-electron chi connectivity index (χ2n) is 5.34. The number of piperidine rings is 1. The van der Waals surface area contributed by atoms with Crippen molar-refractivity contribution in [2.75, 3.05) is 11.4 Å². The molecule has 1 aliphatic heterocycles. The average molecular weight is 313 g/mol. The number of nitrogens with zero attached hydrogens (tertiary/aromatic N) is 4. The Labute approximate surface area is 124 Å². The Balaban J connectivity index is 1.92. The summed E-state index contributed by atoms with van der Waals surface area (Å²) in [6, 6.07) is 0.497. The fourth-order valence-electron chi connectivity index (χ4n) is 3.09. The van der Waals surface area contributed by atoms with Crippen LogP contribution in [-0.4, -0.2) is 27.5 Å². The fraction of sp³-hybridized carbons (Fsp3) is 0.462. The van der Waals surface area contributed by atoms with Crippen molar-refractivity contribution in [3.05, 3.63) is 22.5 Å². The van der Waals surface area contributed by atoms with E-state index in [1.165, 1.54) is 19.0 Å². The maximum Gasteiger partial charge on any atom is 0.225 e. The van der Waals surface area contributed by atoms with Crippen LogP contribution in [0, 0.1) is 11.7 Å². The molecule has 2 aliphatic rings. The largest absolute Gasteiger partial charge is 0.353 e. The third-order valence-electron chi connectivity index (χ3n) is 4.13. The quantitative estimate of drug-likeness (QED) is 0.597. The Hall–Kier alpha value is -1.20. The molecular weight excluding hydrogens is 302 g/mol. The zero-order valence-electron chi connectivity index (χ0n) is 10.5. The molecule has 4 rings (SSSR count). The van der Waals surface area contributed by atoms with E-state index in [0.717, 1.165) is 18.9 Å².